The number of para-hydroxylation sites is 1. The van der Waals surface area contributed by atoms with Crippen LogP contribution >= 0.6 is 11.8 Å². The minimum Gasteiger partial charge on any atom is -0.320 e. The molecule has 0 radical (unpaired) electrons. The molecular weight excluding hydrogens is 358 g/mol. The van der Waals surface area contributed by atoms with Gasteiger partial charge in [-0.1, -0.05) is 48.2 Å². The van der Waals surface area contributed by atoms with E-state index in [1.165, 1.54) is 6.07 Å². The van der Waals surface area contributed by atoms with Crippen molar-refractivity contribution in [1.29, 1.82) is 0 Å². The Morgan fingerprint density at radius 1 is 1.08 bits per heavy atom. The molecule has 1 amide bonds. The summed E-state index contributed by atoms with van der Waals surface area (Å²) >= 11 is 1.16. The van der Waals surface area contributed by atoms with Gasteiger partial charge in [0.15, 0.2) is 11.0 Å². The summed E-state index contributed by atoms with van der Waals surface area (Å²) in [5.74, 6) is -1.50. The maximum atomic E-state index is 13.7. The predicted octanol–water partition coefficient (Wildman–Crippen LogP) is 3.88. The summed E-state index contributed by atoms with van der Waals surface area (Å²) < 4.78 is 29.1. The number of hydrogen-bond acceptors (Lipinski definition) is 4. The van der Waals surface area contributed by atoms with E-state index in [1.807, 2.05) is 30.3 Å². The van der Waals surface area contributed by atoms with Crippen LogP contribution in [0.25, 0.3) is 11.4 Å². The molecule has 3 aromatic rings. The Kier molecular flexibility index (Phi) is 5.32. The lowest BCUT2D eigenvalue weighted by molar-refractivity contribution is -0.115. The first-order valence-electron chi connectivity index (χ1n) is 7.83. The highest BCUT2D eigenvalue weighted by Gasteiger charge is 2.21. The van der Waals surface area contributed by atoms with E-state index >= 15 is 0 Å². The van der Waals surface area contributed by atoms with E-state index in [1.54, 1.807) is 18.5 Å². The SMILES string of the molecule is C[C@@H](Sc1nnc(-c2ccccc2)n1C)C(=O)Nc1c(F)cccc1F. The van der Waals surface area contributed by atoms with Crippen molar-refractivity contribution in [2.45, 2.75) is 17.3 Å². The van der Waals surface area contributed by atoms with Crippen LogP contribution in [-0.4, -0.2) is 25.9 Å². The molecule has 0 fully saturated rings. The molecule has 1 atom stereocenters. The van der Waals surface area contributed by atoms with E-state index in [2.05, 4.69) is 15.5 Å². The zero-order valence-electron chi connectivity index (χ0n) is 14.1. The highest BCUT2D eigenvalue weighted by atomic mass is 32.2. The number of carbonyl (C=O) groups excluding carboxylic acids is 1. The molecule has 0 aliphatic rings. The monoisotopic (exact) mass is 374 g/mol. The molecule has 0 bridgehead atoms. The van der Waals surface area contributed by atoms with E-state index in [4.69, 9.17) is 0 Å². The predicted molar refractivity (Wildman–Crippen MR) is 96.7 cm³/mol. The van der Waals surface area contributed by atoms with E-state index in [0.29, 0.717) is 11.0 Å². The first-order chi connectivity index (χ1) is 12.5. The van der Waals surface area contributed by atoms with Gasteiger partial charge in [-0.25, -0.2) is 8.78 Å². The number of aromatic nitrogens is 3. The summed E-state index contributed by atoms with van der Waals surface area (Å²) in [7, 11) is 1.80. The normalized spacial score (nSPS) is 12.0. The van der Waals surface area contributed by atoms with E-state index in [9.17, 15) is 13.6 Å². The molecule has 0 spiro atoms. The molecule has 8 heteroatoms. The second kappa shape index (κ2) is 7.65. The maximum absolute atomic E-state index is 13.7. The third-order valence-corrected chi connectivity index (χ3v) is 4.86. The molecule has 1 heterocycles. The van der Waals surface area contributed by atoms with Gasteiger partial charge in [-0.2, -0.15) is 0 Å². The van der Waals surface area contributed by atoms with Gasteiger partial charge in [0.2, 0.25) is 5.91 Å². The minimum atomic E-state index is -0.819. The third-order valence-electron chi connectivity index (χ3n) is 3.73. The van der Waals surface area contributed by atoms with Crippen LogP contribution in [0.4, 0.5) is 14.5 Å². The Balaban J connectivity index is 1.73. The standard InChI is InChI=1S/C18H16F2N4OS/c1-11(17(25)21-15-13(19)9-6-10-14(15)20)26-18-23-22-16(24(18)2)12-7-4-3-5-8-12/h3-11H,1-2H3,(H,21,25)/t11-/m1/s1. The third kappa shape index (κ3) is 3.75. The lowest BCUT2D eigenvalue weighted by Crippen LogP contribution is -2.24. The van der Waals surface area contributed by atoms with Gasteiger partial charge in [0.05, 0.1) is 5.25 Å². The molecular formula is C18H16F2N4OS. The van der Waals surface area contributed by atoms with Crippen LogP contribution in [0.2, 0.25) is 0 Å². The van der Waals surface area contributed by atoms with Crippen LogP contribution < -0.4 is 5.32 Å². The number of anilines is 1. The van der Waals surface area contributed by atoms with Crippen LogP contribution in [0.5, 0.6) is 0 Å². The Labute approximate surface area is 153 Å². The van der Waals surface area contributed by atoms with Crippen LogP contribution in [0, 0.1) is 11.6 Å². The zero-order valence-corrected chi connectivity index (χ0v) is 14.9. The van der Waals surface area contributed by atoms with Gasteiger partial charge >= 0.3 is 0 Å². The number of nitrogens with one attached hydrogen (secondary N) is 1. The van der Waals surface area contributed by atoms with Crippen molar-refractivity contribution in [2.24, 2.45) is 7.05 Å². The van der Waals surface area contributed by atoms with Gasteiger partial charge in [-0.05, 0) is 19.1 Å². The molecule has 5 nitrogen and oxygen atoms in total. The van der Waals surface area contributed by atoms with Crippen LogP contribution in [-0.2, 0) is 11.8 Å². The summed E-state index contributed by atoms with van der Waals surface area (Å²) in [6, 6.07) is 12.9. The van der Waals surface area contributed by atoms with Crippen molar-refractivity contribution >= 4 is 23.4 Å². The fourth-order valence-electron chi connectivity index (χ4n) is 2.31. The number of amides is 1. The average molecular weight is 374 g/mol. The molecule has 2 aromatic carbocycles. The molecule has 0 saturated heterocycles. The number of rotatable bonds is 5. The van der Waals surface area contributed by atoms with Crippen molar-refractivity contribution in [2.75, 3.05) is 5.32 Å². The molecule has 26 heavy (non-hydrogen) atoms. The van der Waals surface area contributed by atoms with E-state index in [-0.39, 0.29) is 0 Å². The van der Waals surface area contributed by atoms with Crippen molar-refractivity contribution in [3.8, 4) is 11.4 Å². The second-order valence-corrected chi connectivity index (χ2v) is 6.89. The van der Waals surface area contributed by atoms with Gasteiger partial charge in [0.25, 0.3) is 0 Å². The van der Waals surface area contributed by atoms with Crippen LogP contribution in [0.15, 0.2) is 53.7 Å². The number of benzene rings is 2. The Bertz CT molecular complexity index is 910. The Hall–Kier alpha value is -2.74. The summed E-state index contributed by atoms with van der Waals surface area (Å²) in [5.41, 5.74) is 0.452. The lowest BCUT2D eigenvalue weighted by atomic mass is 10.2. The van der Waals surface area contributed by atoms with Crippen LogP contribution in [0.3, 0.4) is 0 Å². The van der Waals surface area contributed by atoms with Crippen LogP contribution in [0.1, 0.15) is 6.92 Å². The van der Waals surface area contributed by atoms with Crippen molar-refractivity contribution < 1.29 is 13.6 Å². The number of hydrogen-bond donors (Lipinski definition) is 1. The first kappa shape index (κ1) is 18.1. The number of nitrogens with zero attached hydrogens (tertiary/aromatic N) is 3. The average Bonchev–Trinajstić information content (AvgIpc) is 2.99. The first-order valence-corrected chi connectivity index (χ1v) is 8.71. The highest BCUT2D eigenvalue weighted by Crippen LogP contribution is 2.27. The molecule has 1 N–H and O–H groups in total. The molecule has 1 aromatic heterocycles. The van der Waals surface area contributed by atoms with Crippen molar-refractivity contribution in [3.05, 3.63) is 60.2 Å². The van der Waals surface area contributed by atoms with Crippen molar-refractivity contribution in [1.82, 2.24) is 14.8 Å². The van der Waals surface area contributed by atoms with E-state index in [0.717, 1.165) is 29.5 Å². The minimum absolute atomic E-state index is 0.451. The molecule has 0 unspecified atom stereocenters. The lowest BCUT2D eigenvalue weighted by Gasteiger charge is -2.12. The summed E-state index contributed by atoms with van der Waals surface area (Å²) in [5, 5.41) is 10.4. The molecule has 0 aliphatic carbocycles. The Morgan fingerprint density at radius 3 is 2.38 bits per heavy atom. The second-order valence-electron chi connectivity index (χ2n) is 5.58. The summed E-state index contributed by atoms with van der Waals surface area (Å²) in [4.78, 5) is 12.3. The summed E-state index contributed by atoms with van der Waals surface area (Å²) in [6.45, 7) is 1.63. The number of carbonyl (C=O) groups is 1. The smallest absolute Gasteiger partial charge is 0.237 e. The van der Waals surface area contributed by atoms with Gasteiger partial charge in [-0.15, -0.1) is 10.2 Å². The topological polar surface area (TPSA) is 59.8 Å². The van der Waals surface area contributed by atoms with Gasteiger partial charge in [-0.3, -0.25) is 4.79 Å². The Morgan fingerprint density at radius 2 is 1.73 bits per heavy atom. The maximum Gasteiger partial charge on any atom is 0.237 e. The number of thioether (sulfide) groups is 1. The fraction of sp³-hybridized carbons (Fsp3) is 0.167. The fourth-order valence-corrected chi connectivity index (χ4v) is 3.12. The van der Waals surface area contributed by atoms with Gasteiger partial charge in [0, 0.05) is 12.6 Å². The highest BCUT2D eigenvalue weighted by molar-refractivity contribution is 8.00. The van der Waals surface area contributed by atoms with Gasteiger partial charge in [0.1, 0.15) is 17.3 Å². The molecule has 0 saturated carbocycles. The largest absolute Gasteiger partial charge is 0.320 e. The van der Waals surface area contributed by atoms with Gasteiger partial charge < -0.3 is 9.88 Å². The molecule has 134 valence electrons. The molecule has 3 rings (SSSR count). The number of halogens is 2. The quantitative estimate of drug-likeness (QED) is 0.689. The van der Waals surface area contributed by atoms with E-state index < -0.39 is 28.5 Å². The summed E-state index contributed by atoms with van der Waals surface area (Å²) in [6.07, 6.45) is 0. The molecule has 0 aliphatic heterocycles. The van der Waals surface area contributed by atoms with Crippen molar-refractivity contribution in [3.63, 3.8) is 0 Å². The zero-order chi connectivity index (χ0) is 18.7.